The molecule has 0 amide bonds. The Balaban J connectivity index is 2.10. The highest BCUT2D eigenvalue weighted by Crippen LogP contribution is 2.27. The fourth-order valence-corrected chi connectivity index (χ4v) is 1.89. The minimum absolute atomic E-state index is 0.169. The molecule has 1 heterocycles. The number of ether oxygens (including phenoxy) is 1. The van der Waals surface area contributed by atoms with E-state index in [1.165, 1.54) is 0 Å². The Morgan fingerprint density at radius 1 is 1.35 bits per heavy atom. The molecule has 0 aliphatic carbocycles. The second-order valence-corrected chi connectivity index (χ2v) is 5.40. The van der Waals surface area contributed by atoms with E-state index in [2.05, 4.69) is 10.1 Å². The lowest BCUT2D eigenvalue weighted by Crippen LogP contribution is -2.08. The first-order chi connectivity index (χ1) is 9.47. The predicted octanol–water partition coefficient (Wildman–Crippen LogP) is 3.45. The van der Waals surface area contributed by atoms with Gasteiger partial charge in [0.05, 0.1) is 0 Å². The predicted molar refractivity (Wildman–Crippen MR) is 76.8 cm³/mol. The van der Waals surface area contributed by atoms with Crippen molar-refractivity contribution in [2.45, 2.75) is 39.3 Å². The summed E-state index contributed by atoms with van der Waals surface area (Å²) in [7, 11) is 0. The van der Waals surface area contributed by atoms with Crippen molar-refractivity contribution in [3.63, 3.8) is 0 Å². The molecule has 2 aromatic rings. The highest BCUT2D eigenvalue weighted by molar-refractivity contribution is 6.30. The highest BCUT2D eigenvalue weighted by atomic mass is 35.5. The van der Waals surface area contributed by atoms with Crippen molar-refractivity contribution in [2.75, 3.05) is 0 Å². The Hall–Kier alpha value is -1.59. The van der Waals surface area contributed by atoms with Crippen LogP contribution in [0.1, 0.15) is 50.0 Å². The van der Waals surface area contributed by atoms with Gasteiger partial charge in [-0.1, -0.05) is 30.6 Å². The van der Waals surface area contributed by atoms with Crippen LogP contribution in [0.15, 0.2) is 22.7 Å². The molecule has 0 saturated heterocycles. The van der Waals surface area contributed by atoms with Gasteiger partial charge < -0.3 is 15.0 Å². The van der Waals surface area contributed by atoms with Gasteiger partial charge in [-0.2, -0.15) is 4.98 Å². The molecule has 0 fully saturated rings. The lowest BCUT2D eigenvalue weighted by atomic mass is 10.1. The van der Waals surface area contributed by atoms with Crippen LogP contribution in [0.4, 0.5) is 0 Å². The fourth-order valence-electron chi connectivity index (χ4n) is 1.71. The Kier molecular flexibility index (Phi) is 4.62. The lowest BCUT2D eigenvalue weighted by molar-refractivity contribution is 0.240. The van der Waals surface area contributed by atoms with Crippen LogP contribution in [0.5, 0.6) is 5.75 Å². The van der Waals surface area contributed by atoms with Crippen LogP contribution in [0.25, 0.3) is 0 Å². The summed E-state index contributed by atoms with van der Waals surface area (Å²) >= 11 is 5.96. The van der Waals surface area contributed by atoms with Crippen LogP contribution in [0, 0.1) is 0 Å². The van der Waals surface area contributed by atoms with Crippen molar-refractivity contribution in [3.05, 3.63) is 40.5 Å². The van der Waals surface area contributed by atoms with E-state index in [-0.39, 0.29) is 18.6 Å². The molecule has 0 aliphatic heterocycles. The number of nitrogens with two attached hydrogens (primary N) is 1. The number of halogens is 1. The topological polar surface area (TPSA) is 74.2 Å². The smallest absolute Gasteiger partial charge is 0.264 e. The second-order valence-electron chi connectivity index (χ2n) is 4.96. The number of nitrogens with zero attached hydrogens (tertiary/aromatic N) is 2. The summed E-state index contributed by atoms with van der Waals surface area (Å²) in [6, 6.07) is 5.18. The Bertz CT molecular complexity index is 582. The number of rotatable bonds is 5. The normalized spacial score (nSPS) is 12.7. The largest absolute Gasteiger partial charge is 0.483 e. The molecule has 1 aromatic heterocycles. The van der Waals surface area contributed by atoms with Crippen LogP contribution in [0.3, 0.4) is 0 Å². The molecule has 0 unspecified atom stereocenters. The molecule has 1 atom stereocenters. The van der Waals surface area contributed by atoms with E-state index in [4.69, 9.17) is 26.6 Å². The maximum absolute atomic E-state index is 5.96. The highest BCUT2D eigenvalue weighted by Gasteiger charge is 2.13. The second kappa shape index (κ2) is 6.24. The van der Waals surface area contributed by atoms with E-state index in [0.29, 0.717) is 22.5 Å². The minimum Gasteiger partial charge on any atom is -0.483 e. The Labute approximate surface area is 123 Å². The maximum Gasteiger partial charge on any atom is 0.264 e. The van der Waals surface area contributed by atoms with E-state index < -0.39 is 0 Å². The van der Waals surface area contributed by atoms with Crippen molar-refractivity contribution in [2.24, 2.45) is 5.73 Å². The summed E-state index contributed by atoms with van der Waals surface area (Å²) in [5.74, 6) is 2.02. The third kappa shape index (κ3) is 3.49. The van der Waals surface area contributed by atoms with E-state index in [0.717, 1.165) is 5.56 Å². The van der Waals surface area contributed by atoms with Gasteiger partial charge in [-0.25, -0.2) is 0 Å². The van der Waals surface area contributed by atoms with Crippen molar-refractivity contribution in [3.8, 4) is 5.75 Å². The molecule has 6 heteroatoms. The molecule has 20 heavy (non-hydrogen) atoms. The van der Waals surface area contributed by atoms with Crippen molar-refractivity contribution in [1.82, 2.24) is 10.1 Å². The van der Waals surface area contributed by atoms with Crippen LogP contribution in [-0.4, -0.2) is 10.1 Å². The summed E-state index contributed by atoms with van der Waals surface area (Å²) in [5, 5.41) is 4.52. The van der Waals surface area contributed by atoms with E-state index in [1.807, 2.05) is 20.8 Å². The molecule has 2 rings (SSSR count). The number of hydrogen-bond donors (Lipinski definition) is 1. The third-order valence-electron chi connectivity index (χ3n) is 2.81. The number of hydrogen-bond acceptors (Lipinski definition) is 5. The van der Waals surface area contributed by atoms with Gasteiger partial charge in [0.1, 0.15) is 5.75 Å². The molecule has 0 saturated carbocycles. The molecular formula is C14H18ClN3O2. The average molecular weight is 296 g/mol. The first kappa shape index (κ1) is 14.8. The monoisotopic (exact) mass is 295 g/mol. The van der Waals surface area contributed by atoms with Crippen LogP contribution < -0.4 is 10.5 Å². The van der Waals surface area contributed by atoms with Crippen molar-refractivity contribution in [1.29, 1.82) is 0 Å². The van der Waals surface area contributed by atoms with Crippen molar-refractivity contribution >= 4 is 11.6 Å². The first-order valence-corrected chi connectivity index (χ1v) is 6.85. The maximum atomic E-state index is 5.96. The average Bonchev–Trinajstić information content (AvgIpc) is 2.86. The Morgan fingerprint density at radius 2 is 2.10 bits per heavy atom. The zero-order valence-corrected chi connectivity index (χ0v) is 12.5. The summed E-state index contributed by atoms with van der Waals surface area (Å²) < 4.78 is 10.8. The van der Waals surface area contributed by atoms with Gasteiger partial charge in [0.25, 0.3) is 5.89 Å². The fraction of sp³-hybridized carbons (Fsp3) is 0.429. The molecule has 1 aromatic carbocycles. The molecular weight excluding hydrogens is 278 g/mol. The zero-order valence-electron chi connectivity index (χ0n) is 11.8. The molecule has 5 nitrogen and oxygen atoms in total. The molecule has 2 N–H and O–H groups in total. The van der Waals surface area contributed by atoms with Crippen LogP contribution >= 0.6 is 11.6 Å². The molecule has 0 spiro atoms. The number of aromatic nitrogens is 2. The summed E-state index contributed by atoms with van der Waals surface area (Å²) in [5.41, 5.74) is 6.75. The zero-order chi connectivity index (χ0) is 14.7. The van der Waals surface area contributed by atoms with E-state index in [1.54, 1.807) is 18.2 Å². The number of benzene rings is 1. The lowest BCUT2D eigenvalue weighted by Gasteiger charge is -2.13. The van der Waals surface area contributed by atoms with Gasteiger partial charge in [0.15, 0.2) is 12.4 Å². The summed E-state index contributed by atoms with van der Waals surface area (Å²) in [4.78, 5) is 4.26. The first-order valence-electron chi connectivity index (χ1n) is 6.47. The standard InChI is InChI=1S/C14H18ClN3O2/c1-8(2)14-17-13(20-18-14)7-19-12-5-4-10(15)6-11(12)9(3)16/h4-6,8-9H,7,16H2,1-3H3/t9-/m1/s1. The Morgan fingerprint density at radius 3 is 2.70 bits per heavy atom. The summed E-state index contributed by atoms with van der Waals surface area (Å²) in [6.07, 6.45) is 0. The van der Waals surface area contributed by atoms with Gasteiger partial charge in [-0.15, -0.1) is 0 Å². The van der Waals surface area contributed by atoms with Crippen LogP contribution in [-0.2, 0) is 6.61 Å². The van der Waals surface area contributed by atoms with Crippen LogP contribution in [0.2, 0.25) is 5.02 Å². The molecule has 0 bridgehead atoms. The van der Waals surface area contributed by atoms with Gasteiger partial charge in [0.2, 0.25) is 0 Å². The SMILES string of the molecule is CC(C)c1noc(COc2ccc(Cl)cc2[C@@H](C)N)n1. The van der Waals surface area contributed by atoms with Gasteiger partial charge in [-0.05, 0) is 25.1 Å². The van der Waals surface area contributed by atoms with Crippen molar-refractivity contribution < 1.29 is 9.26 Å². The third-order valence-corrected chi connectivity index (χ3v) is 3.05. The van der Waals surface area contributed by atoms with E-state index >= 15 is 0 Å². The van der Waals surface area contributed by atoms with Gasteiger partial charge in [-0.3, -0.25) is 0 Å². The van der Waals surface area contributed by atoms with E-state index in [9.17, 15) is 0 Å². The minimum atomic E-state index is -0.169. The summed E-state index contributed by atoms with van der Waals surface area (Å²) in [6.45, 7) is 6.09. The quantitative estimate of drug-likeness (QED) is 0.914. The molecule has 0 aliphatic rings. The van der Waals surface area contributed by atoms with Gasteiger partial charge in [0, 0.05) is 22.5 Å². The van der Waals surface area contributed by atoms with Gasteiger partial charge >= 0.3 is 0 Å². The molecule has 108 valence electrons. The molecule has 0 radical (unpaired) electrons.